The van der Waals surface area contributed by atoms with Gasteiger partial charge in [-0.25, -0.2) is 9.97 Å². The van der Waals surface area contributed by atoms with Gasteiger partial charge in [0.1, 0.15) is 5.01 Å². The van der Waals surface area contributed by atoms with Gasteiger partial charge in [-0.2, -0.15) is 0 Å². The fourth-order valence-corrected chi connectivity index (χ4v) is 5.42. The van der Waals surface area contributed by atoms with Crippen LogP contribution < -0.4 is 9.80 Å². The Kier molecular flexibility index (Phi) is 4.84. The molecule has 7 heteroatoms. The maximum Gasteiger partial charge on any atom is 0.208 e. The van der Waals surface area contributed by atoms with Gasteiger partial charge in [0.2, 0.25) is 5.13 Å². The van der Waals surface area contributed by atoms with Crippen LogP contribution in [0.25, 0.3) is 11.0 Å². The lowest BCUT2D eigenvalue weighted by molar-refractivity contribution is 0.440. The minimum Gasteiger partial charge on any atom is -0.352 e. The summed E-state index contributed by atoms with van der Waals surface area (Å²) in [6.45, 7) is 5.83. The number of fused-ring (bicyclic) bond motifs is 1. The number of nitrogens with zero attached hydrogens (tertiary/aromatic N) is 6. The summed E-state index contributed by atoms with van der Waals surface area (Å²) in [4.78, 5) is 14.4. The van der Waals surface area contributed by atoms with Gasteiger partial charge in [-0.05, 0) is 31.9 Å². The minimum absolute atomic E-state index is 0.636. The molecule has 0 bridgehead atoms. The van der Waals surface area contributed by atoms with E-state index in [9.17, 15) is 0 Å². The van der Waals surface area contributed by atoms with Crippen molar-refractivity contribution in [2.75, 3.05) is 36.0 Å². The van der Waals surface area contributed by atoms with Crippen molar-refractivity contribution in [2.45, 2.75) is 44.9 Å². The molecule has 146 valence electrons. The molecule has 0 amide bonds. The highest BCUT2D eigenvalue weighted by Gasteiger charge is 2.25. The molecule has 0 radical (unpaired) electrons. The monoisotopic (exact) mass is 394 g/mol. The lowest BCUT2D eigenvalue weighted by atomic mass is 9.90. The Morgan fingerprint density at radius 3 is 2.29 bits per heavy atom. The zero-order valence-corrected chi connectivity index (χ0v) is 17.2. The lowest BCUT2D eigenvalue weighted by Crippen LogP contribution is -2.47. The molecule has 0 unspecified atom stereocenters. The van der Waals surface area contributed by atoms with Crippen molar-refractivity contribution in [3.05, 3.63) is 35.0 Å². The number of rotatable bonds is 3. The molecule has 2 aromatic heterocycles. The van der Waals surface area contributed by atoms with Gasteiger partial charge in [-0.1, -0.05) is 42.7 Å². The molecule has 1 aliphatic carbocycles. The zero-order valence-electron chi connectivity index (χ0n) is 16.3. The van der Waals surface area contributed by atoms with Crippen LogP contribution in [0.5, 0.6) is 0 Å². The predicted octanol–water partition coefficient (Wildman–Crippen LogP) is 4.16. The van der Waals surface area contributed by atoms with Crippen molar-refractivity contribution in [1.82, 2.24) is 20.2 Å². The topological polar surface area (TPSA) is 58.0 Å². The third-order valence-electron chi connectivity index (χ3n) is 5.95. The van der Waals surface area contributed by atoms with Crippen LogP contribution in [-0.2, 0) is 0 Å². The largest absolute Gasteiger partial charge is 0.352 e. The molecule has 6 nitrogen and oxygen atoms in total. The summed E-state index contributed by atoms with van der Waals surface area (Å²) in [5, 5.41) is 11.4. The summed E-state index contributed by atoms with van der Waals surface area (Å²) in [6, 6.07) is 8.10. The van der Waals surface area contributed by atoms with Crippen molar-refractivity contribution < 1.29 is 0 Å². The maximum absolute atomic E-state index is 4.88. The Morgan fingerprint density at radius 1 is 0.857 bits per heavy atom. The van der Waals surface area contributed by atoms with Gasteiger partial charge in [-0.3, -0.25) is 0 Å². The van der Waals surface area contributed by atoms with E-state index in [0.717, 1.165) is 53.9 Å². The van der Waals surface area contributed by atoms with Gasteiger partial charge in [-0.15, -0.1) is 10.2 Å². The number of piperazine rings is 1. The Hall–Kier alpha value is -2.28. The molecule has 1 saturated heterocycles. The molecule has 3 heterocycles. The fourth-order valence-electron chi connectivity index (χ4n) is 4.36. The Morgan fingerprint density at radius 2 is 1.54 bits per heavy atom. The molecular formula is C21H26N6S. The SMILES string of the molecule is Cc1nc2ccccc2nc1N1CCN(c2nnc(C3CCCCC3)s2)CC1. The highest BCUT2D eigenvalue weighted by molar-refractivity contribution is 7.15. The van der Waals surface area contributed by atoms with Crippen molar-refractivity contribution in [3.63, 3.8) is 0 Å². The summed E-state index contributed by atoms with van der Waals surface area (Å²) >= 11 is 1.81. The van der Waals surface area contributed by atoms with Crippen LogP contribution in [0.1, 0.15) is 48.7 Å². The van der Waals surface area contributed by atoms with E-state index in [4.69, 9.17) is 9.97 Å². The molecule has 2 aliphatic rings. The standard InChI is InChI=1S/C21H26N6S/c1-15-19(23-18-10-6-5-9-17(18)22-15)26-11-13-27(14-12-26)21-25-24-20(28-21)16-7-3-2-4-8-16/h5-6,9-10,16H,2-4,7-8,11-14H2,1H3. The first-order chi connectivity index (χ1) is 13.8. The van der Waals surface area contributed by atoms with Crippen molar-refractivity contribution >= 4 is 33.3 Å². The van der Waals surface area contributed by atoms with E-state index in [0.29, 0.717) is 5.92 Å². The maximum atomic E-state index is 4.88. The van der Waals surface area contributed by atoms with Crippen LogP contribution in [0.15, 0.2) is 24.3 Å². The zero-order chi connectivity index (χ0) is 18.9. The molecule has 1 saturated carbocycles. The van der Waals surface area contributed by atoms with Crippen LogP contribution in [0, 0.1) is 6.92 Å². The molecule has 5 rings (SSSR count). The summed E-state index contributed by atoms with van der Waals surface area (Å²) in [7, 11) is 0. The lowest BCUT2D eigenvalue weighted by Gasteiger charge is -2.35. The first-order valence-electron chi connectivity index (χ1n) is 10.3. The number of hydrogen-bond donors (Lipinski definition) is 0. The third-order valence-corrected chi connectivity index (χ3v) is 7.10. The number of para-hydroxylation sites is 2. The molecule has 0 N–H and O–H groups in total. The molecule has 0 atom stereocenters. The second-order valence-corrected chi connectivity index (χ2v) is 8.84. The third kappa shape index (κ3) is 3.43. The second-order valence-electron chi connectivity index (χ2n) is 7.85. The highest BCUT2D eigenvalue weighted by atomic mass is 32.1. The molecule has 1 aromatic carbocycles. The van der Waals surface area contributed by atoms with E-state index in [-0.39, 0.29) is 0 Å². The van der Waals surface area contributed by atoms with Crippen molar-refractivity contribution in [3.8, 4) is 0 Å². The fraction of sp³-hybridized carbons (Fsp3) is 0.524. The Balaban J connectivity index is 1.28. The van der Waals surface area contributed by atoms with Gasteiger partial charge in [0.15, 0.2) is 5.82 Å². The van der Waals surface area contributed by atoms with E-state index in [1.165, 1.54) is 37.1 Å². The number of anilines is 2. The predicted molar refractivity (Wildman–Crippen MR) is 114 cm³/mol. The smallest absolute Gasteiger partial charge is 0.208 e. The number of aromatic nitrogens is 4. The van der Waals surface area contributed by atoms with Gasteiger partial charge < -0.3 is 9.80 Å². The first-order valence-corrected chi connectivity index (χ1v) is 11.2. The van der Waals surface area contributed by atoms with E-state index >= 15 is 0 Å². The van der Waals surface area contributed by atoms with Crippen LogP contribution in [0.4, 0.5) is 10.9 Å². The van der Waals surface area contributed by atoms with E-state index in [1.54, 1.807) is 11.3 Å². The van der Waals surface area contributed by atoms with E-state index in [2.05, 4.69) is 26.9 Å². The molecule has 1 aliphatic heterocycles. The van der Waals surface area contributed by atoms with Crippen molar-refractivity contribution in [1.29, 1.82) is 0 Å². The highest BCUT2D eigenvalue weighted by Crippen LogP contribution is 2.36. The van der Waals surface area contributed by atoms with Crippen molar-refractivity contribution in [2.24, 2.45) is 0 Å². The van der Waals surface area contributed by atoms with Gasteiger partial charge >= 0.3 is 0 Å². The molecule has 2 fully saturated rings. The number of hydrogen-bond acceptors (Lipinski definition) is 7. The average molecular weight is 395 g/mol. The minimum atomic E-state index is 0.636. The molecule has 28 heavy (non-hydrogen) atoms. The molecule has 0 spiro atoms. The molecular weight excluding hydrogens is 368 g/mol. The summed E-state index contributed by atoms with van der Waals surface area (Å²) < 4.78 is 0. The first kappa shape index (κ1) is 17.8. The summed E-state index contributed by atoms with van der Waals surface area (Å²) in [5.41, 5.74) is 2.93. The normalized spacial score (nSPS) is 18.8. The van der Waals surface area contributed by atoms with Crippen LogP contribution in [0.3, 0.4) is 0 Å². The average Bonchev–Trinajstić information content (AvgIpc) is 3.24. The van der Waals surface area contributed by atoms with E-state index in [1.807, 2.05) is 24.3 Å². The van der Waals surface area contributed by atoms with E-state index < -0.39 is 0 Å². The summed E-state index contributed by atoms with van der Waals surface area (Å²) in [5.74, 6) is 1.65. The Labute approximate surface area is 169 Å². The second kappa shape index (κ2) is 7.62. The van der Waals surface area contributed by atoms with Crippen LogP contribution >= 0.6 is 11.3 Å². The number of benzene rings is 1. The number of aryl methyl sites for hydroxylation is 1. The van der Waals surface area contributed by atoms with Crippen LogP contribution in [-0.4, -0.2) is 46.3 Å². The van der Waals surface area contributed by atoms with Gasteiger partial charge in [0.05, 0.1) is 16.7 Å². The summed E-state index contributed by atoms with van der Waals surface area (Å²) in [6.07, 6.45) is 6.61. The van der Waals surface area contributed by atoms with Gasteiger partial charge in [0, 0.05) is 32.1 Å². The quantitative estimate of drug-likeness (QED) is 0.665. The van der Waals surface area contributed by atoms with Crippen LogP contribution in [0.2, 0.25) is 0 Å². The van der Waals surface area contributed by atoms with Gasteiger partial charge in [0.25, 0.3) is 0 Å². The molecule has 3 aromatic rings. The Bertz CT molecular complexity index is 956.